The van der Waals surface area contributed by atoms with Gasteiger partial charge in [-0.15, -0.1) is 0 Å². The number of pyridine rings is 1. The van der Waals surface area contributed by atoms with Crippen molar-refractivity contribution in [1.29, 1.82) is 0 Å². The van der Waals surface area contributed by atoms with Crippen LogP contribution in [0.3, 0.4) is 0 Å². The van der Waals surface area contributed by atoms with Crippen LogP contribution in [0.2, 0.25) is 0 Å². The average Bonchev–Trinajstić information content (AvgIpc) is 2.96. The summed E-state index contributed by atoms with van der Waals surface area (Å²) < 4.78 is 19.7. The van der Waals surface area contributed by atoms with Crippen molar-refractivity contribution in [2.75, 3.05) is 64.1 Å². The van der Waals surface area contributed by atoms with Gasteiger partial charge in [0.05, 0.1) is 6.61 Å². The SMILES string of the molecule is COCCNC(=O)Nc1ccc(C#Cc2cc(C(=O)Nc3ccc(CN4CCN(C)CC4)c(F)c3)ccc2C)cn1. The lowest BCUT2D eigenvalue weighted by Gasteiger charge is -2.32. The Hall–Kier alpha value is -4.30. The number of rotatable bonds is 8. The standard InChI is InChI=1S/C31H35FN6O3/c1-22-4-7-25(18-24(22)8-5-23-6-11-29(34-20-23)36-31(40)33-12-17-41-3)30(39)35-27-10-9-26(28(32)19-27)21-38-15-13-37(2)14-16-38/h4,6-7,9-11,18-20H,12-17,21H2,1-3H3,(H,35,39)(H2,33,34,36,40). The number of carbonyl (C=O) groups is 2. The molecule has 10 heteroatoms. The quantitative estimate of drug-likeness (QED) is 0.288. The monoisotopic (exact) mass is 558 g/mol. The lowest BCUT2D eigenvalue weighted by molar-refractivity contribution is 0.102. The summed E-state index contributed by atoms with van der Waals surface area (Å²) in [6.07, 6.45) is 1.56. The van der Waals surface area contributed by atoms with Crippen LogP contribution in [0.5, 0.6) is 0 Å². The Kier molecular flexibility index (Phi) is 10.4. The zero-order valence-electron chi connectivity index (χ0n) is 23.6. The van der Waals surface area contributed by atoms with E-state index in [2.05, 4.69) is 49.6 Å². The Labute approximate surface area is 240 Å². The highest BCUT2D eigenvalue weighted by Crippen LogP contribution is 2.19. The van der Waals surface area contributed by atoms with Crippen LogP contribution in [0.4, 0.5) is 20.7 Å². The minimum atomic E-state index is -0.372. The molecule has 0 atom stereocenters. The topological polar surface area (TPSA) is 98.8 Å². The number of hydrogen-bond acceptors (Lipinski definition) is 6. The van der Waals surface area contributed by atoms with Gasteiger partial charge in [-0.3, -0.25) is 15.0 Å². The number of amides is 3. The molecule has 0 saturated carbocycles. The molecule has 2 aromatic carbocycles. The van der Waals surface area contributed by atoms with E-state index in [1.807, 2.05) is 13.0 Å². The van der Waals surface area contributed by atoms with Crippen molar-refractivity contribution in [3.8, 4) is 11.8 Å². The molecule has 1 aliphatic heterocycles. The molecule has 9 nitrogen and oxygen atoms in total. The minimum absolute atomic E-state index is 0.334. The number of aromatic nitrogens is 1. The van der Waals surface area contributed by atoms with Crippen LogP contribution >= 0.6 is 0 Å². The van der Waals surface area contributed by atoms with Crippen LogP contribution in [-0.4, -0.2) is 80.2 Å². The molecule has 0 unspecified atom stereocenters. The molecule has 1 aliphatic rings. The summed E-state index contributed by atoms with van der Waals surface area (Å²) in [6, 6.07) is 13.1. The molecule has 3 amide bonds. The van der Waals surface area contributed by atoms with E-state index in [9.17, 15) is 14.0 Å². The van der Waals surface area contributed by atoms with Gasteiger partial charge in [-0.1, -0.05) is 24.0 Å². The number of carbonyl (C=O) groups excluding carboxylic acids is 2. The molecule has 0 radical (unpaired) electrons. The van der Waals surface area contributed by atoms with Crippen molar-refractivity contribution in [1.82, 2.24) is 20.1 Å². The van der Waals surface area contributed by atoms with Gasteiger partial charge in [-0.2, -0.15) is 0 Å². The van der Waals surface area contributed by atoms with Gasteiger partial charge < -0.3 is 20.3 Å². The van der Waals surface area contributed by atoms with Crippen molar-refractivity contribution in [3.05, 3.63) is 88.4 Å². The third-order valence-electron chi connectivity index (χ3n) is 6.74. The number of halogens is 1. The van der Waals surface area contributed by atoms with Crippen LogP contribution < -0.4 is 16.0 Å². The van der Waals surface area contributed by atoms with Crippen LogP contribution in [-0.2, 0) is 11.3 Å². The van der Waals surface area contributed by atoms with Gasteiger partial charge in [0, 0.05) is 80.5 Å². The predicted molar refractivity (Wildman–Crippen MR) is 157 cm³/mol. The van der Waals surface area contributed by atoms with E-state index in [0.29, 0.717) is 53.5 Å². The summed E-state index contributed by atoms with van der Waals surface area (Å²) in [7, 11) is 3.65. The van der Waals surface area contributed by atoms with Crippen molar-refractivity contribution < 1.29 is 18.7 Å². The summed E-state index contributed by atoms with van der Waals surface area (Å²) in [5, 5.41) is 8.08. The number of nitrogens with one attached hydrogen (secondary N) is 3. The second-order valence-corrected chi connectivity index (χ2v) is 9.93. The number of likely N-dealkylation sites (N-methyl/N-ethyl adjacent to an activating group) is 1. The fourth-order valence-corrected chi connectivity index (χ4v) is 4.21. The van der Waals surface area contributed by atoms with Gasteiger partial charge in [0.15, 0.2) is 0 Å². The minimum Gasteiger partial charge on any atom is -0.383 e. The maximum absolute atomic E-state index is 14.8. The highest BCUT2D eigenvalue weighted by molar-refractivity contribution is 6.04. The molecule has 3 aromatic rings. The van der Waals surface area contributed by atoms with Gasteiger partial charge in [0.1, 0.15) is 11.6 Å². The normalized spacial score (nSPS) is 13.7. The van der Waals surface area contributed by atoms with E-state index >= 15 is 0 Å². The number of piperazine rings is 1. The smallest absolute Gasteiger partial charge is 0.320 e. The number of nitrogens with zero attached hydrogens (tertiary/aromatic N) is 3. The van der Waals surface area contributed by atoms with E-state index < -0.39 is 0 Å². The number of anilines is 2. The second-order valence-electron chi connectivity index (χ2n) is 9.93. The Morgan fingerprint density at radius 2 is 1.83 bits per heavy atom. The number of benzene rings is 2. The van der Waals surface area contributed by atoms with Gasteiger partial charge in [0.25, 0.3) is 5.91 Å². The van der Waals surface area contributed by atoms with Crippen LogP contribution in [0, 0.1) is 24.6 Å². The van der Waals surface area contributed by atoms with Crippen molar-refractivity contribution >= 4 is 23.4 Å². The number of aryl methyl sites for hydroxylation is 1. The third kappa shape index (κ3) is 8.85. The lowest BCUT2D eigenvalue weighted by atomic mass is 10.0. The summed E-state index contributed by atoms with van der Waals surface area (Å²) in [6.45, 7) is 7.01. The fourth-order valence-electron chi connectivity index (χ4n) is 4.21. The van der Waals surface area contributed by atoms with Gasteiger partial charge in [-0.05, 0) is 55.9 Å². The Balaban J connectivity index is 1.36. The molecule has 1 aromatic heterocycles. The Bertz CT molecular complexity index is 1430. The largest absolute Gasteiger partial charge is 0.383 e. The molecule has 0 spiro atoms. The molecule has 1 fully saturated rings. The number of hydrogen-bond donors (Lipinski definition) is 3. The van der Waals surface area contributed by atoms with Gasteiger partial charge in [0.2, 0.25) is 0 Å². The first-order chi connectivity index (χ1) is 19.8. The number of methoxy groups -OCH3 is 1. The second kappa shape index (κ2) is 14.4. The summed E-state index contributed by atoms with van der Waals surface area (Å²) in [5.74, 6) is 5.85. The van der Waals surface area contributed by atoms with E-state index in [1.54, 1.807) is 49.7 Å². The maximum atomic E-state index is 14.8. The van der Waals surface area contributed by atoms with E-state index in [1.165, 1.54) is 6.07 Å². The average molecular weight is 559 g/mol. The molecular weight excluding hydrogens is 523 g/mol. The molecular formula is C31H35FN6O3. The summed E-state index contributed by atoms with van der Waals surface area (Å²) >= 11 is 0. The van der Waals surface area contributed by atoms with Gasteiger partial charge >= 0.3 is 6.03 Å². The molecule has 0 bridgehead atoms. The Morgan fingerprint density at radius 1 is 1.02 bits per heavy atom. The zero-order chi connectivity index (χ0) is 29.2. The van der Waals surface area contributed by atoms with E-state index in [0.717, 1.165) is 31.7 Å². The molecule has 41 heavy (non-hydrogen) atoms. The third-order valence-corrected chi connectivity index (χ3v) is 6.74. The first kappa shape index (κ1) is 29.7. The van der Waals surface area contributed by atoms with Crippen LogP contribution in [0.25, 0.3) is 0 Å². The van der Waals surface area contributed by atoms with E-state index in [4.69, 9.17) is 4.74 Å². The maximum Gasteiger partial charge on any atom is 0.320 e. The number of urea groups is 1. The van der Waals surface area contributed by atoms with E-state index in [-0.39, 0.29) is 17.8 Å². The highest BCUT2D eigenvalue weighted by Gasteiger charge is 2.16. The highest BCUT2D eigenvalue weighted by atomic mass is 19.1. The van der Waals surface area contributed by atoms with Crippen molar-refractivity contribution in [2.45, 2.75) is 13.5 Å². The molecule has 1 saturated heterocycles. The lowest BCUT2D eigenvalue weighted by Crippen LogP contribution is -2.44. The van der Waals surface area contributed by atoms with Crippen LogP contribution in [0.1, 0.15) is 32.6 Å². The first-order valence-corrected chi connectivity index (χ1v) is 13.4. The summed E-state index contributed by atoms with van der Waals surface area (Å²) in [4.78, 5) is 33.5. The molecule has 0 aliphatic carbocycles. The zero-order valence-corrected chi connectivity index (χ0v) is 23.6. The predicted octanol–water partition coefficient (Wildman–Crippen LogP) is 3.70. The fraction of sp³-hybridized carbons (Fsp3) is 0.323. The van der Waals surface area contributed by atoms with Crippen molar-refractivity contribution in [3.63, 3.8) is 0 Å². The van der Waals surface area contributed by atoms with Crippen molar-refractivity contribution in [2.24, 2.45) is 0 Å². The molecule has 214 valence electrons. The summed E-state index contributed by atoms with van der Waals surface area (Å²) in [5.41, 5.74) is 3.67. The first-order valence-electron chi connectivity index (χ1n) is 13.4. The molecule has 2 heterocycles. The Morgan fingerprint density at radius 3 is 2.54 bits per heavy atom. The van der Waals surface area contributed by atoms with Crippen LogP contribution in [0.15, 0.2) is 54.7 Å². The molecule has 4 rings (SSSR count). The van der Waals surface area contributed by atoms with Gasteiger partial charge in [-0.25, -0.2) is 14.2 Å². The number of ether oxygens (including phenoxy) is 1. The molecule has 3 N–H and O–H groups in total.